The van der Waals surface area contributed by atoms with Crippen molar-refractivity contribution in [3.05, 3.63) is 69.7 Å². The summed E-state index contributed by atoms with van der Waals surface area (Å²) in [5, 5.41) is 9.55. The molecular formula is C21H21ClN2O3. The maximum absolute atomic E-state index is 13.2. The van der Waals surface area contributed by atoms with E-state index in [0.717, 1.165) is 36.9 Å². The minimum Gasteiger partial charge on any atom is -0.338 e. The highest BCUT2D eigenvalue weighted by molar-refractivity contribution is 6.30. The molecule has 1 heterocycles. The number of nitrogens with one attached hydrogen (secondary N) is 1. The van der Waals surface area contributed by atoms with E-state index in [1.807, 2.05) is 35.2 Å². The number of carbonyl (C=O) groups excluding carboxylic acids is 2. The lowest BCUT2D eigenvalue weighted by atomic mass is 9.70. The van der Waals surface area contributed by atoms with Gasteiger partial charge in [0.2, 0.25) is 5.91 Å². The highest BCUT2D eigenvalue weighted by Crippen LogP contribution is 2.44. The highest BCUT2D eigenvalue weighted by Gasteiger charge is 2.47. The number of rotatable bonds is 3. The lowest BCUT2D eigenvalue weighted by Gasteiger charge is -2.33. The molecule has 27 heavy (non-hydrogen) atoms. The monoisotopic (exact) mass is 384 g/mol. The molecule has 6 heteroatoms. The van der Waals surface area contributed by atoms with Crippen LogP contribution in [0.3, 0.4) is 0 Å². The lowest BCUT2D eigenvalue weighted by molar-refractivity contribution is -0.137. The second kappa shape index (κ2) is 6.98. The van der Waals surface area contributed by atoms with Crippen LogP contribution in [-0.2, 0) is 24.2 Å². The van der Waals surface area contributed by atoms with Crippen molar-refractivity contribution in [2.75, 3.05) is 6.54 Å². The van der Waals surface area contributed by atoms with Gasteiger partial charge in [-0.3, -0.25) is 14.8 Å². The first kappa shape index (κ1) is 18.0. The van der Waals surface area contributed by atoms with Crippen molar-refractivity contribution in [1.82, 2.24) is 10.4 Å². The van der Waals surface area contributed by atoms with E-state index in [1.165, 1.54) is 5.56 Å². The Morgan fingerprint density at radius 3 is 2.67 bits per heavy atom. The summed E-state index contributed by atoms with van der Waals surface area (Å²) in [4.78, 5) is 26.9. The number of benzene rings is 2. The molecule has 0 bridgehead atoms. The predicted molar refractivity (Wildman–Crippen MR) is 102 cm³/mol. The van der Waals surface area contributed by atoms with Crippen LogP contribution in [0.25, 0.3) is 0 Å². The van der Waals surface area contributed by atoms with Crippen LogP contribution in [0.4, 0.5) is 0 Å². The van der Waals surface area contributed by atoms with Crippen molar-refractivity contribution in [3.63, 3.8) is 0 Å². The van der Waals surface area contributed by atoms with Crippen LogP contribution in [0.1, 0.15) is 39.9 Å². The average molecular weight is 385 g/mol. The van der Waals surface area contributed by atoms with E-state index >= 15 is 0 Å². The third-order valence-corrected chi connectivity index (χ3v) is 6.11. The molecule has 2 aromatic carbocycles. The molecule has 4 rings (SSSR count). The molecule has 1 fully saturated rings. The summed E-state index contributed by atoms with van der Waals surface area (Å²) in [6.07, 6.45) is 3.14. The zero-order valence-electron chi connectivity index (χ0n) is 14.9. The van der Waals surface area contributed by atoms with Gasteiger partial charge in [0.05, 0.1) is 5.41 Å². The fraction of sp³-hybridized carbons (Fsp3) is 0.333. The average Bonchev–Trinajstić information content (AvgIpc) is 2.98. The van der Waals surface area contributed by atoms with Gasteiger partial charge in [0.1, 0.15) is 0 Å². The molecule has 1 atom stereocenters. The van der Waals surface area contributed by atoms with Gasteiger partial charge >= 0.3 is 0 Å². The summed E-state index contributed by atoms with van der Waals surface area (Å²) in [6, 6.07) is 13.0. The third-order valence-electron chi connectivity index (χ3n) is 5.86. The molecule has 1 saturated heterocycles. The third kappa shape index (κ3) is 3.33. The molecule has 0 radical (unpaired) electrons. The minimum atomic E-state index is -0.528. The lowest BCUT2D eigenvalue weighted by Crippen LogP contribution is -2.38. The quantitative estimate of drug-likeness (QED) is 0.629. The second-order valence-corrected chi connectivity index (χ2v) is 7.92. The molecular weight excluding hydrogens is 364 g/mol. The van der Waals surface area contributed by atoms with Gasteiger partial charge in [-0.05, 0) is 66.6 Å². The van der Waals surface area contributed by atoms with E-state index in [-0.39, 0.29) is 11.3 Å². The molecule has 1 aliphatic carbocycles. The largest absolute Gasteiger partial charge is 0.338 e. The number of nitrogens with zero attached hydrogens (tertiary/aromatic N) is 1. The van der Waals surface area contributed by atoms with Crippen LogP contribution >= 0.6 is 11.6 Å². The Kier molecular flexibility index (Phi) is 4.66. The Hall–Kier alpha value is -2.37. The molecule has 140 valence electrons. The standard InChI is InChI=1S/C21H21ClN2O3/c22-18-5-1-14(2-6-18)13-24-10-9-21(20(24)26)8-7-15-3-4-16(19(25)23-27)11-17(15)12-21/h1-6,11,27H,7-10,12-13H2,(H,23,25). The SMILES string of the molecule is O=C(NO)c1ccc2c(c1)CC1(CC2)CCN(Cc2ccc(Cl)cc2)C1=O. The van der Waals surface area contributed by atoms with Gasteiger partial charge in [-0.15, -0.1) is 0 Å². The van der Waals surface area contributed by atoms with Gasteiger partial charge in [0.15, 0.2) is 0 Å². The number of hydrogen-bond donors (Lipinski definition) is 2. The Morgan fingerprint density at radius 2 is 1.93 bits per heavy atom. The summed E-state index contributed by atoms with van der Waals surface area (Å²) in [7, 11) is 0. The summed E-state index contributed by atoms with van der Waals surface area (Å²) >= 11 is 5.94. The second-order valence-electron chi connectivity index (χ2n) is 7.48. The minimum absolute atomic E-state index is 0.195. The van der Waals surface area contributed by atoms with Gasteiger partial charge in [0, 0.05) is 23.7 Å². The summed E-state index contributed by atoms with van der Waals surface area (Å²) < 4.78 is 0. The van der Waals surface area contributed by atoms with E-state index in [0.29, 0.717) is 23.6 Å². The van der Waals surface area contributed by atoms with Crippen molar-refractivity contribution in [3.8, 4) is 0 Å². The fourth-order valence-corrected chi connectivity index (χ4v) is 4.44. The van der Waals surface area contributed by atoms with Gasteiger partial charge in [-0.1, -0.05) is 29.8 Å². The van der Waals surface area contributed by atoms with Crippen LogP contribution in [0.5, 0.6) is 0 Å². The number of aryl methyl sites for hydroxylation is 1. The highest BCUT2D eigenvalue weighted by atomic mass is 35.5. The number of hydrogen-bond acceptors (Lipinski definition) is 3. The maximum Gasteiger partial charge on any atom is 0.274 e. The molecule has 2 aliphatic rings. The first-order valence-corrected chi connectivity index (χ1v) is 9.49. The Labute approximate surface area is 162 Å². The number of likely N-dealkylation sites (tertiary alicyclic amines) is 1. The topological polar surface area (TPSA) is 69.6 Å². The normalized spacial score (nSPS) is 21.4. The smallest absolute Gasteiger partial charge is 0.274 e. The Bertz CT molecular complexity index is 897. The molecule has 1 unspecified atom stereocenters. The molecule has 1 aliphatic heterocycles. The summed E-state index contributed by atoms with van der Waals surface area (Å²) in [6.45, 7) is 1.34. The first-order chi connectivity index (χ1) is 13.0. The van der Waals surface area contributed by atoms with Crippen molar-refractivity contribution in [1.29, 1.82) is 0 Å². The summed E-state index contributed by atoms with van der Waals surface area (Å²) in [5.41, 5.74) is 4.99. The van der Waals surface area contributed by atoms with Crippen LogP contribution in [-0.4, -0.2) is 28.5 Å². The van der Waals surface area contributed by atoms with Gasteiger partial charge in [-0.25, -0.2) is 5.48 Å². The van der Waals surface area contributed by atoms with Crippen molar-refractivity contribution in [2.24, 2.45) is 5.41 Å². The van der Waals surface area contributed by atoms with E-state index in [4.69, 9.17) is 16.8 Å². The van der Waals surface area contributed by atoms with Crippen molar-refractivity contribution < 1.29 is 14.8 Å². The molecule has 1 spiro atoms. The van der Waals surface area contributed by atoms with Crippen LogP contribution in [0.2, 0.25) is 5.02 Å². The number of carbonyl (C=O) groups is 2. The molecule has 0 saturated carbocycles. The molecule has 2 aromatic rings. The zero-order chi connectivity index (χ0) is 19.0. The van der Waals surface area contributed by atoms with Crippen molar-refractivity contribution >= 4 is 23.4 Å². The van der Waals surface area contributed by atoms with Gasteiger partial charge in [-0.2, -0.15) is 0 Å². The molecule has 0 aromatic heterocycles. The molecule has 2 N–H and O–H groups in total. The summed E-state index contributed by atoms with van der Waals surface area (Å²) in [5.74, 6) is -0.334. The number of amides is 2. The molecule has 5 nitrogen and oxygen atoms in total. The molecule has 2 amide bonds. The number of fused-ring (bicyclic) bond motifs is 1. The number of hydroxylamine groups is 1. The van der Waals surface area contributed by atoms with Crippen LogP contribution in [0, 0.1) is 5.41 Å². The zero-order valence-corrected chi connectivity index (χ0v) is 15.6. The van der Waals surface area contributed by atoms with Crippen molar-refractivity contribution in [2.45, 2.75) is 32.2 Å². The van der Waals surface area contributed by atoms with E-state index in [1.54, 1.807) is 17.6 Å². The van der Waals surface area contributed by atoms with E-state index in [9.17, 15) is 9.59 Å². The first-order valence-electron chi connectivity index (χ1n) is 9.11. The van der Waals surface area contributed by atoms with E-state index in [2.05, 4.69) is 0 Å². The van der Waals surface area contributed by atoms with Crippen LogP contribution < -0.4 is 5.48 Å². The fourth-order valence-electron chi connectivity index (χ4n) is 4.32. The predicted octanol–water partition coefficient (Wildman–Crippen LogP) is 3.37. The van der Waals surface area contributed by atoms with Crippen LogP contribution in [0.15, 0.2) is 42.5 Å². The Morgan fingerprint density at radius 1 is 1.15 bits per heavy atom. The Balaban J connectivity index is 1.54. The van der Waals surface area contributed by atoms with Gasteiger partial charge in [0.25, 0.3) is 5.91 Å². The van der Waals surface area contributed by atoms with Gasteiger partial charge < -0.3 is 4.90 Å². The number of halogens is 1. The van der Waals surface area contributed by atoms with E-state index < -0.39 is 5.91 Å². The maximum atomic E-state index is 13.2.